The summed E-state index contributed by atoms with van der Waals surface area (Å²) in [6, 6.07) is 0.642. The number of aromatic nitrogens is 2. The minimum atomic E-state index is 0.296. The Morgan fingerprint density at radius 1 is 1.36 bits per heavy atom. The molecule has 1 aromatic heterocycles. The SMILES string of the molecule is CC(C)Nc1c(N)c(Br)nn1C(C)C. The Morgan fingerprint density at radius 3 is 2.36 bits per heavy atom. The maximum atomic E-state index is 5.90. The minimum absolute atomic E-state index is 0.296. The van der Waals surface area contributed by atoms with Gasteiger partial charge in [-0.3, -0.25) is 0 Å². The van der Waals surface area contributed by atoms with E-state index in [4.69, 9.17) is 5.73 Å². The van der Waals surface area contributed by atoms with E-state index >= 15 is 0 Å². The van der Waals surface area contributed by atoms with E-state index in [1.54, 1.807) is 0 Å². The molecule has 0 saturated carbocycles. The first-order valence-electron chi connectivity index (χ1n) is 4.73. The molecule has 0 saturated heterocycles. The highest BCUT2D eigenvalue weighted by Crippen LogP contribution is 2.29. The first kappa shape index (κ1) is 11.4. The van der Waals surface area contributed by atoms with Crippen LogP contribution in [0.1, 0.15) is 33.7 Å². The van der Waals surface area contributed by atoms with Gasteiger partial charge in [-0.15, -0.1) is 0 Å². The maximum Gasteiger partial charge on any atom is 0.153 e. The topological polar surface area (TPSA) is 55.9 Å². The lowest BCUT2D eigenvalue weighted by molar-refractivity contribution is 0.533. The first-order valence-corrected chi connectivity index (χ1v) is 5.52. The van der Waals surface area contributed by atoms with E-state index in [1.165, 1.54) is 0 Å². The van der Waals surface area contributed by atoms with Gasteiger partial charge in [0.2, 0.25) is 0 Å². The lowest BCUT2D eigenvalue weighted by Crippen LogP contribution is -2.16. The standard InChI is InChI=1S/C9H17BrN4/c1-5(2)12-9-7(11)8(10)13-14(9)6(3)4/h5-6,12H,11H2,1-4H3. The smallest absolute Gasteiger partial charge is 0.153 e. The van der Waals surface area contributed by atoms with Gasteiger partial charge in [0.05, 0.1) is 0 Å². The summed E-state index contributed by atoms with van der Waals surface area (Å²) in [5.41, 5.74) is 6.57. The fourth-order valence-electron chi connectivity index (χ4n) is 1.21. The van der Waals surface area contributed by atoms with Crippen molar-refractivity contribution in [1.82, 2.24) is 9.78 Å². The largest absolute Gasteiger partial charge is 0.393 e. The molecule has 0 bridgehead atoms. The average molecular weight is 261 g/mol. The second kappa shape index (κ2) is 4.21. The van der Waals surface area contributed by atoms with E-state index < -0.39 is 0 Å². The fourth-order valence-corrected chi connectivity index (χ4v) is 1.57. The van der Waals surface area contributed by atoms with Crippen LogP contribution in [0.25, 0.3) is 0 Å². The summed E-state index contributed by atoms with van der Waals surface area (Å²) in [7, 11) is 0. The van der Waals surface area contributed by atoms with Gasteiger partial charge in [-0.2, -0.15) is 5.10 Å². The molecule has 0 fully saturated rings. The molecule has 0 spiro atoms. The summed E-state index contributed by atoms with van der Waals surface area (Å²) in [5, 5.41) is 7.60. The van der Waals surface area contributed by atoms with Gasteiger partial charge in [-0.25, -0.2) is 4.68 Å². The number of anilines is 2. The molecule has 1 rings (SSSR count). The van der Waals surface area contributed by atoms with Crippen LogP contribution >= 0.6 is 15.9 Å². The molecule has 0 aliphatic heterocycles. The lowest BCUT2D eigenvalue weighted by Gasteiger charge is -2.15. The third-order valence-corrected chi connectivity index (χ3v) is 2.40. The highest BCUT2D eigenvalue weighted by Gasteiger charge is 2.15. The van der Waals surface area contributed by atoms with Gasteiger partial charge in [-0.1, -0.05) is 0 Å². The zero-order chi connectivity index (χ0) is 10.9. The quantitative estimate of drug-likeness (QED) is 0.879. The van der Waals surface area contributed by atoms with Gasteiger partial charge < -0.3 is 11.1 Å². The van der Waals surface area contributed by atoms with E-state index in [-0.39, 0.29) is 0 Å². The van der Waals surface area contributed by atoms with Crippen molar-refractivity contribution in [2.45, 2.75) is 39.8 Å². The average Bonchev–Trinajstić information content (AvgIpc) is 2.32. The third kappa shape index (κ3) is 2.20. The molecule has 0 aliphatic rings. The number of nitrogen functional groups attached to an aromatic ring is 1. The predicted molar refractivity (Wildman–Crippen MR) is 63.5 cm³/mol. The summed E-state index contributed by atoms with van der Waals surface area (Å²) in [4.78, 5) is 0. The summed E-state index contributed by atoms with van der Waals surface area (Å²) < 4.78 is 2.59. The van der Waals surface area contributed by atoms with Crippen LogP contribution in [0.5, 0.6) is 0 Å². The number of hydrogen-bond acceptors (Lipinski definition) is 3. The van der Waals surface area contributed by atoms with Crippen LogP contribution < -0.4 is 11.1 Å². The molecule has 1 aromatic rings. The highest BCUT2D eigenvalue weighted by atomic mass is 79.9. The number of nitrogens with two attached hydrogens (primary N) is 1. The van der Waals surface area contributed by atoms with E-state index in [0.717, 1.165) is 5.82 Å². The summed E-state index contributed by atoms with van der Waals surface area (Å²) in [5.74, 6) is 0.891. The molecule has 3 N–H and O–H groups in total. The van der Waals surface area contributed by atoms with Crippen molar-refractivity contribution in [2.75, 3.05) is 11.1 Å². The van der Waals surface area contributed by atoms with Gasteiger partial charge in [-0.05, 0) is 43.6 Å². The van der Waals surface area contributed by atoms with Crippen molar-refractivity contribution >= 4 is 27.4 Å². The van der Waals surface area contributed by atoms with E-state index in [1.807, 2.05) is 4.68 Å². The molecule has 0 atom stereocenters. The summed E-state index contributed by atoms with van der Waals surface area (Å²) in [6.45, 7) is 8.30. The van der Waals surface area contributed by atoms with Crippen molar-refractivity contribution in [2.24, 2.45) is 0 Å². The zero-order valence-electron chi connectivity index (χ0n) is 9.00. The molecule has 14 heavy (non-hydrogen) atoms. The highest BCUT2D eigenvalue weighted by molar-refractivity contribution is 9.10. The van der Waals surface area contributed by atoms with Crippen LogP contribution in [0.2, 0.25) is 0 Å². The van der Waals surface area contributed by atoms with Crippen LogP contribution in [0.15, 0.2) is 4.60 Å². The Kier molecular flexibility index (Phi) is 3.42. The Hall–Kier alpha value is -0.710. The van der Waals surface area contributed by atoms with Gasteiger partial charge in [0.1, 0.15) is 11.5 Å². The van der Waals surface area contributed by atoms with E-state index in [2.05, 4.69) is 54.0 Å². The second-order valence-corrected chi connectivity index (χ2v) is 4.64. The molecule has 0 radical (unpaired) electrons. The van der Waals surface area contributed by atoms with Gasteiger partial charge in [0.25, 0.3) is 0 Å². The predicted octanol–water partition coefficient (Wildman–Crippen LogP) is 2.63. The van der Waals surface area contributed by atoms with Crippen molar-refractivity contribution in [3.8, 4) is 0 Å². The molecule has 5 heteroatoms. The normalized spacial score (nSPS) is 11.4. The van der Waals surface area contributed by atoms with Crippen LogP contribution in [0, 0.1) is 0 Å². The number of nitrogens with one attached hydrogen (secondary N) is 1. The Morgan fingerprint density at radius 2 is 1.93 bits per heavy atom. The molecule has 80 valence electrons. The van der Waals surface area contributed by atoms with E-state index in [0.29, 0.717) is 22.4 Å². The number of rotatable bonds is 3. The molecular formula is C9H17BrN4. The van der Waals surface area contributed by atoms with Crippen molar-refractivity contribution < 1.29 is 0 Å². The van der Waals surface area contributed by atoms with Crippen LogP contribution in [0.4, 0.5) is 11.5 Å². The fraction of sp³-hybridized carbons (Fsp3) is 0.667. The molecule has 0 amide bonds. The third-order valence-electron chi connectivity index (χ3n) is 1.82. The monoisotopic (exact) mass is 260 g/mol. The molecule has 0 aliphatic carbocycles. The Bertz CT molecular complexity index is 317. The van der Waals surface area contributed by atoms with Crippen LogP contribution in [-0.4, -0.2) is 15.8 Å². The number of hydrogen-bond donors (Lipinski definition) is 2. The number of halogens is 1. The maximum absolute atomic E-state index is 5.90. The molecule has 0 aromatic carbocycles. The van der Waals surface area contributed by atoms with Crippen LogP contribution in [-0.2, 0) is 0 Å². The van der Waals surface area contributed by atoms with Gasteiger partial charge in [0.15, 0.2) is 4.60 Å². The first-order chi connectivity index (χ1) is 6.43. The Balaban J connectivity index is 3.10. The van der Waals surface area contributed by atoms with Crippen molar-refractivity contribution in [3.05, 3.63) is 4.60 Å². The van der Waals surface area contributed by atoms with Gasteiger partial charge in [0, 0.05) is 12.1 Å². The minimum Gasteiger partial charge on any atom is -0.393 e. The molecule has 0 unspecified atom stereocenters. The lowest BCUT2D eigenvalue weighted by atomic mass is 10.3. The molecular weight excluding hydrogens is 244 g/mol. The number of nitrogens with zero attached hydrogens (tertiary/aromatic N) is 2. The molecule has 1 heterocycles. The zero-order valence-corrected chi connectivity index (χ0v) is 10.6. The van der Waals surface area contributed by atoms with Crippen molar-refractivity contribution in [1.29, 1.82) is 0 Å². The molecule has 4 nitrogen and oxygen atoms in total. The summed E-state index contributed by atoms with van der Waals surface area (Å²) >= 11 is 3.33. The summed E-state index contributed by atoms with van der Waals surface area (Å²) in [6.07, 6.45) is 0. The Labute approximate surface area is 93.0 Å². The van der Waals surface area contributed by atoms with Crippen LogP contribution in [0.3, 0.4) is 0 Å². The second-order valence-electron chi connectivity index (χ2n) is 3.89. The van der Waals surface area contributed by atoms with E-state index in [9.17, 15) is 0 Å². The van der Waals surface area contributed by atoms with Gasteiger partial charge >= 0.3 is 0 Å². The van der Waals surface area contributed by atoms with Crippen molar-refractivity contribution in [3.63, 3.8) is 0 Å².